The van der Waals surface area contributed by atoms with Crippen LogP contribution in [0.3, 0.4) is 0 Å². The van der Waals surface area contributed by atoms with Crippen LogP contribution in [0.4, 0.5) is 5.69 Å². The SMILES string of the molecule is COc1cc([C@H]2C3=C(CCCC3=O)N(c3ccccc3Cl)C(=N)/C2=C(/O)c2ccc(C)cc2)cc(OC)c1OC. The van der Waals surface area contributed by atoms with Crippen molar-refractivity contribution >= 4 is 34.7 Å². The fourth-order valence-electron chi connectivity index (χ4n) is 5.56. The molecule has 2 N–H and O–H groups in total. The molecule has 0 bridgehead atoms. The van der Waals surface area contributed by atoms with E-state index in [1.807, 2.05) is 49.4 Å². The molecule has 3 aromatic carbocycles. The second kappa shape index (κ2) is 11.1. The highest BCUT2D eigenvalue weighted by atomic mass is 35.5. The molecule has 0 amide bonds. The number of hydrogen-bond acceptors (Lipinski definition) is 6. The lowest BCUT2D eigenvalue weighted by molar-refractivity contribution is -0.116. The van der Waals surface area contributed by atoms with Crippen molar-refractivity contribution in [2.24, 2.45) is 0 Å². The summed E-state index contributed by atoms with van der Waals surface area (Å²) in [6.45, 7) is 1.96. The lowest BCUT2D eigenvalue weighted by atomic mass is 9.73. The van der Waals surface area contributed by atoms with Gasteiger partial charge in [-0.3, -0.25) is 15.1 Å². The number of methoxy groups -OCH3 is 3. The zero-order valence-corrected chi connectivity index (χ0v) is 23.6. The molecule has 8 heteroatoms. The van der Waals surface area contributed by atoms with Crippen LogP contribution in [0.5, 0.6) is 17.2 Å². The minimum Gasteiger partial charge on any atom is -0.507 e. The summed E-state index contributed by atoms with van der Waals surface area (Å²) in [5.74, 6) is 0.384. The molecule has 7 nitrogen and oxygen atoms in total. The van der Waals surface area contributed by atoms with E-state index in [0.29, 0.717) is 69.6 Å². The van der Waals surface area contributed by atoms with E-state index in [-0.39, 0.29) is 23.0 Å². The highest BCUT2D eigenvalue weighted by Crippen LogP contribution is 2.51. The van der Waals surface area contributed by atoms with Gasteiger partial charge >= 0.3 is 0 Å². The third kappa shape index (κ3) is 4.60. The number of anilines is 1. The number of aryl methyl sites for hydroxylation is 1. The number of aliphatic hydroxyl groups is 1. The lowest BCUT2D eigenvalue weighted by Gasteiger charge is -2.42. The van der Waals surface area contributed by atoms with Gasteiger partial charge in [-0.2, -0.15) is 0 Å². The Kier molecular flexibility index (Phi) is 7.59. The van der Waals surface area contributed by atoms with E-state index in [1.54, 1.807) is 23.1 Å². The zero-order chi connectivity index (χ0) is 28.6. The number of allylic oxidation sites excluding steroid dienone is 2. The van der Waals surface area contributed by atoms with E-state index >= 15 is 0 Å². The van der Waals surface area contributed by atoms with Gasteiger partial charge in [-0.15, -0.1) is 0 Å². The summed E-state index contributed by atoms with van der Waals surface area (Å²) in [6, 6.07) is 18.2. The Morgan fingerprint density at radius 3 is 2.23 bits per heavy atom. The van der Waals surface area contributed by atoms with Gasteiger partial charge in [0.1, 0.15) is 11.6 Å². The van der Waals surface area contributed by atoms with Gasteiger partial charge in [-0.05, 0) is 49.6 Å². The standard InChI is InChI=1S/C32H31ClN2O5/c1-18-12-14-19(15-13-18)30(37)29-27(20-16-25(38-2)31(40-4)26(17-20)39-3)28-23(10-7-11-24(28)36)35(32(29)34)22-9-6-5-8-21(22)33/h5-6,8-9,12-17,27,34,37H,7,10-11H2,1-4H3/b30-29+,34-32?/t27-/m0/s1. The number of benzene rings is 3. The topological polar surface area (TPSA) is 92.1 Å². The minimum atomic E-state index is -0.760. The molecule has 0 saturated carbocycles. The summed E-state index contributed by atoms with van der Waals surface area (Å²) in [6.07, 6.45) is 1.59. The molecule has 1 aliphatic heterocycles. The van der Waals surface area contributed by atoms with Gasteiger partial charge in [0.2, 0.25) is 5.75 Å². The average Bonchev–Trinajstić information content (AvgIpc) is 2.96. The zero-order valence-electron chi connectivity index (χ0n) is 22.9. The third-order valence-corrected chi connectivity index (χ3v) is 7.77. The molecule has 206 valence electrons. The molecule has 5 rings (SSSR count). The Bertz CT molecular complexity index is 1530. The van der Waals surface area contributed by atoms with Crippen molar-refractivity contribution in [3.8, 4) is 17.2 Å². The fraction of sp³-hybridized carbons (Fsp3) is 0.250. The Labute approximate surface area is 238 Å². The Morgan fingerprint density at radius 2 is 1.62 bits per heavy atom. The molecule has 0 saturated heterocycles. The number of rotatable bonds is 6. The van der Waals surface area contributed by atoms with Gasteiger partial charge in [-0.25, -0.2) is 0 Å². The van der Waals surface area contributed by atoms with Crippen molar-refractivity contribution in [2.75, 3.05) is 26.2 Å². The summed E-state index contributed by atoms with van der Waals surface area (Å²) in [4.78, 5) is 15.5. The first-order valence-electron chi connectivity index (χ1n) is 13.0. The number of para-hydroxylation sites is 1. The molecule has 0 radical (unpaired) electrons. The summed E-state index contributed by atoms with van der Waals surface area (Å²) < 4.78 is 16.8. The van der Waals surface area contributed by atoms with Crippen LogP contribution in [-0.2, 0) is 4.79 Å². The number of ether oxygens (including phenoxy) is 3. The molecule has 0 spiro atoms. The monoisotopic (exact) mass is 558 g/mol. The van der Waals surface area contributed by atoms with Crippen LogP contribution >= 0.6 is 11.6 Å². The van der Waals surface area contributed by atoms with E-state index < -0.39 is 5.92 Å². The van der Waals surface area contributed by atoms with E-state index in [1.165, 1.54) is 21.3 Å². The van der Waals surface area contributed by atoms with Gasteiger partial charge in [-0.1, -0.05) is 53.6 Å². The summed E-state index contributed by atoms with van der Waals surface area (Å²) in [7, 11) is 4.58. The molecule has 40 heavy (non-hydrogen) atoms. The first-order valence-corrected chi connectivity index (χ1v) is 13.4. The number of amidine groups is 1. The van der Waals surface area contributed by atoms with Crippen LogP contribution in [-0.4, -0.2) is 38.1 Å². The molecule has 1 heterocycles. The molecule has 0 aromatic heterocycles. The number of carbonyl (C=O) groups is 1. The Hall–Kier alpha value is -4.23. The Balaban J connectivity index is 1.88. The number of halogens is 1. The highest BCUT2D eigenvalue weighted by molar-refractivity contribution is 6.34. The van der Waals surface area contributed by atoms with Crippen molar-refractivity contribution in [1.82, 2.24) is 0 Å². The summed E-state index contributed by atoms with van der Waals surface area (Å²) >= 11 is 6.65. The first-order chi connectivity index (χ1) is 19.3. The summed E-state index contributed by atoms with van der Waals surface area (Å²) in [5, 5.41) is 21.8. The van der Waals surface area contributed by atoms with E-state index in [2.05, 4.69) is 0 Å². The second-order valence-electron chi connectivity index (χ2n) is 9.79. The van der Waals surface area contributed by atoms with Crippen LogP contribution in [0.15, 0.2) is 77.5 Å². The van der Waals surface area contributed by atoms with Crippen molar-refractivity contribution in [1.29, 1.82) is 5.41 Å². The van der Waals surface area contributed by atoms with Gasteiger partial charge in [0, 0.05) is 34.7 Å². The predicted molar refractivity (Wildman–Crippen MR) is 157 cm³/mol. The number of hydrogen-bond donors (Lipinski definition) is 2. The largest absolute Gasteiger partial charge is 0.507 e. The van der Waals surface area contributed by atoms with Gasteiger partial charge in [0.25, 0.3) is 0 Å². The number of aliphatic hydroxyl groups excluding tert-OH is 1. The molecular weight excluding hydrogens is 528 g/mol. The molecule has 3 aromatic rings. The number of Topliss-reactive ketones (excluding diaryl/α,β-unsaturated/α-hetero) is 1. The maximum Gasteiger partial charge on any atom is 0.203 e. The van der Waals surface area contributed by atoms with Crippen LogP contribution in [0, 0.1) is 12.3 Å². The van der Waals surface area contributed by atoms with Crippen LogP contribution in [0.2, 0.25) is 5.02 Å². The summed E-state index contributed by atoms with van der Waals surface area (Å²) in [5.41, 5.74) is 4.29. The van der Waals surface area contributed by atoms with Gasteiger partial charge in [0.15, 0.2) is 17.3 Å². The lowest BCUT2D eigenvalue weighted by Crippen LogP contribution is -2.42. The highest BCUT2D eigenvalue weighted by Gasteiger charge is 2.44. The normalized spacial score (nSPS) is 18.4. The quantitative estimate of drug-likeness (QED) is 0.310. The molecule has 2 aliphatic rings. The van der Waals surface area contributed by atoms with Crippen LogP contribution in [0.1, 0.15) is 41.9 Å². The van der Waals surface area contributed by atoms with Gasteiger partial charge < -0.3 is 19.3 Å². The molecule has 1 aliphatic carbocycles. The molecule has 0 unspecified atom stereocenters. The maximum atomic E-state index is 13.8. The van der Waals surface area contributed by atoms with Crippen molar-refractivity contribution in [3.05, 3.63) is 99.2 Å². The average molecular weight is 559 g/mol. The smallest absolute Gasteiger partial charge is 0.203 e. The number of nitrogens with zero attached hydrogens (tertiary/aromatic N) is 1. The first kappa shape index (κ1) is 27.3. The maximum absolute atomic E-state index is 13.8. The number of carbonyl (C=O) groups excluding carboxylic acids is 1. The van der Waals surface area contributed by atoms with Crippen LogP contribution < -0.4 is 19.1 Å². The van der Waals surface area contributed by atoms with Crippen molar-refractivity contribution in [2.45, 2.75) is 32.1 Å². The van der Waals surface area contributed by atoms with Crippen LogP contribution in [0.25, 0.3) is 5.76 Å². The van der Waals surface area contributed by atoms with E-state index in [0.717, 1.165) is 5.56 Å². The second-order valence-corrected chi connectivity index (χ2v) is 10.2. The predicted octanol–water partition coefficient (Wildman–Crippen LogP) is 7.23. The molecular formula is C32H31ClN2O5. The van der Waals surface area contributed by atoms with E-state index in [9.17, 15) is 15.3 Å². The molecule has 0 fully saturated rings. The number of nitrogens with one attached hydrogen (secondary N) is 1. The van der Waals surface area contributed by atoms with Crippen molar-refractivity contribution < 1.29 is 24.1 Å². The Morgan fingerprint density at radius 1 is 0.975 bits per heavy atom. The molecule has 1 atom stereocenters. The minimum absolute atomic E-state index is 0.0402. The van der Waals surface area contributed by atoms with E-state index in [4.69, 9.17) is 25.8 Å². The number of ketones is 1. The van der Waals surface area contributed by atoms with Crippen molar-refractivity contribution in [3.63, 3.8) is 0 Å². The fourth-order valence-corrected chi connectivity index (χ4v) is 5.78. The van der Waals surface area contributed by atoms with Gasteiger partial charge in [0.05, 0.1) is 32.0 Å². The third-order valence-electron chi connectivity index (χ3n) is 7.45.